The highest BCUT2D eigenvalue weighted by Gasteiger charge is 2.09. The Kier molecular flexibility index (Phi) is 4.61. The topological polar surface area (TPSA) is 37.8 Å². The number of nitrogens with one attached hydrogen (secondary N) is 1. The molecule has 3 nitrogen and oxygen atoms in total. The molecule has 0 fully saturated rings. The first-order valence-electron chi connectivity index (χ1n) is 6.15. The van der Waals surface area contributed by atoms with Crippen LogP contribution in [0.2, 0.25) is 10.0 Å². The van der Waals surface area contributed by atoms with E-state index in [0.29, 0.717) is 15.9 Å². The molecule has 1 aromatic heterocycles. The van der Waals surface area contributed by atoms with E-state index in [1.807, 2.05) is 13.0 Å². The molecule has 19 heavy (non-hydrogen) atoms. The van der Waals surface area contributed by atoms with Crippen LogP contribution in [0.5, 0.6) is 0 Å². The zero-order chi connectivity index (χ0) is 13.8. The summed E-state index contributed by atoms with van der Waals surface area (Å²) in [7, 11) is 0. The van der Waals surface area contributed by atoms with Crippen molar-refractivity contribution in [2.45, 2.75) is 20.3 Å². The van der Waals surface area contributed by atoms with E-state index in [9.17, 15) is 0 Å². The highest BCUT2D eigenvalue weighted by Crippen LogP contribution is 2.29. The van der Waals surface area contributed by atoms with Crippen molar-refractivity contribution in [1.82, 2.24) is 9.97 Å². The van der Waals surface area contributed by atoms with Gasteiger partial charge in [0.2, 0.25) is 0 Å². The van der Waals surface area contributed by atoms with Gasteiger partial charge in [0.05, 0.1) is 5.02 Å². The molecule has 100 valence electrons. The van der Waals surface area contributed by atoms with Gasteiger partial charge in [-0.25, -0.2) is 9.97 Å². The largest absolute Gasteiger partial charge is 0.370 e. The molecule has 1 N–H and O–H groups in total. The van der Waals surface area contributed by atoms with E-state index >= 15 is 0 Å². The van der Waals surface area contributed by atoms with E-state index in [1.54, 1.807) is 18.2 Å². The molecule has 0 unspecified atom stereocenters. The van der Waals surface area contributed by atoms with E-state index in [2.05, 4.69) is 22.2 Å². The van der Waals surface area contributed by atoms with Gasteiger partial charge < -0.3 is 5.32 Å². The fourth-order valence-corrected chi connectivity index (χ4v) is 2.08. The van der Waals surface area contributed by atoms with E-state index in [-0.39, 0.29) is 0 Å². The molecule has 0 saturated carbocycles. The van der Waals surface area contributed by atoms with Crippen molar-refractivity contribution in [1.29, 1.82) is 0 Å². The molecular weight excluding hydrogens is 281 g/mol. The second kappa shape index (κ2) is 6.22. The number of hydrogen-bond acceptors (Lipinski definition) is 3. The summed E-state index contributed by atoms with van der Waals surface area (Å²) in [5.74, 6) is 1.39. The van der Waals surface area contributed by atoms with Gasteiger partial charge in [-0.2, -0.15) is 0 Å². The highest BCUT2D eigenvalue weighted by molar-refractivity contribution is 6.35. The summed E-state index contributed by atoms with van der Waals surface area (Å²) < 4.78 is 0. The Morgan fingerprint density at radius 3 is 2.68 bits per heavy atom. The standard InChI is InChI=1S/C14H15Cl2N3/c1-3-6-17-13-7-9(2)18-14(19-13)11-8-10(15)4-5-12(11)16/h4-5,7-8H,3,6H2,1-2H3,(H,17,18,19). The predicted molar refractivity (Wildman–Crippen MR) is 81.0 cm³/mol. The number of nitrogens with zero attached hydrogens (tertiary/aromatic N) is 2. The Morgan fingerprint density at radius 2 is 1.95 bits per heavy atom. The molecule has 0 radical (unpaired) electrons. The zero-order valence-corrected chi connectivity index (χ0v) is 12.4. The first-order valence-corrected chi connectivity index (χ1v) is 6.90. The van der Waals surface area contributed by atoms with Gasteiger partial charge in [-0.3, -0.25) is 0 Å². The molecule has 1 heterocycles. The summed E-state index contributed by atoms with van der Waals surface area (Å²) in [6.45, 7) is 4.91. The van der Waals surface area contributed by atoms with E-state index < -0.39 is 0 Å². The normalized spacial score (nSPS) is 10.5. The molecule has 0 aliphatic rings. The number of halogens is 2. The number of hydrogen-bond donors (Lipinski definition) is 1. The predicted octanol–water partition coefficient (Wildman–Crippen LogP) is 4.58. The van der Waals surface area contributed by atoms with Crippen LogP contribution in [0.3, 0.4) is 0 Å². The molecule has 2 aromatic rings. The monoisotopic (exact) mass is 295 g/mol. The van der Waals surface area contributed by atoms with Crippen molar-refractivity contribution >= 4 is 29.0 Å². The first kappa shape index (κ1) is 14.1. The van der Waals surface area contributed by atoms with Crippen LogP contribution in [0.1, 0.15) is 19.0 Å². The van der Waals surface area contributed by atoms with Gasteiger partial charge >= 0.3 is 0 Å². The van der Waals surface area contributed by atoms with Crippen molar-refractivity contribution < 1.29 is 0 Å². The fraction of sp³-hybridized carbons (Fsp3) is 0.286. The summed E-state index contributed by atoms with van der Waals surface area (Å²) in [4.78, 5) is 8.90. The molecular formula is C14H15Cl2N3. The van der Waals surface area contributed by atoms with Crippen molar-refractivity contribution in [2.24, 2.45) is 0 Å². The smallest absolute Gasteiger partial charge is 0.163 e. The molecule has 0 atom stereocenters. The van der Waals surface area contributed by atoms with Crippen LogP contribution in [0, 0.1) is 6.92 Å². The number of benzene rings is 1. The highest BCUT2D eigenvalue weighted by atomic mass is 35.5. The molecule has 0 amide bonds. The maximum absolute atomic E-state index is 6.18. The lowest BCUT2D eigenvalue weighted by atomic mass is 10.2. The van der Waals surface area contributed by atoms with Gasteiger partial charge in [-0.15, -0.1) is 0 Å². The Bertz CT molecular complexity index is 585. The molecule has 1 aromatic carbocycles. The van der Waals surface area contributed by atoms with Gasteiger partial charge in [0.15, 0.2) is 5.82 Å². The van der Waals surface area contributed by atoms with Crippen molar-refractivity contribution in [3.05, 3.63) is 40.0 Å². The van der Waals surface area contributed by atoms with Gasteiger partial charge in [-0.1, -0.05) is 30.1 Å². The van der Waals surface area contributed by atoms with Crippen LogP contribution in [0.15, 0.2) is 24.3 Å². The number of rotatable bonds is 4. The third-order valence-electron chi connectivity index (χ3n) is 2.58. The Balaban J connectivity index is 2.43. The quantitative estimate of drug-likeness (QED) is 0.897. The summed E-state index contributed by atoms with van der Waals surface area (Å²) >= 11 is 12.2. The summed E-state index contributed by atoms with van der Waals surface area (Å²) in [6.07, 6.45) is 1.04. The van der Waals surface area contributed by atoms with Crippen molar-refractivity contribution in [3.63, 3.8) is 0 Å². The summed E-state index contributed by atoms with van der Waals surface area (Å²) in [5.41, 5.74) is 1.64. The van der Waals surface area contributed by atoms with E-state index in [0.717, 1.165) is 30.0 Å². The molecule has 5 heteroatoms. The average Bonchev–Trinajstić information content (AvgIpc) is 2.38. The molecule has 0 aliphatic carbocycles. The second-order valence-electron chi connectivity index (χ2n) is 4.27. The lowest BCUT2D eigenvalue weighted by Crippen LogP contribution is -2.04. The van der Waals surface area contributed by atoms with Gasteiger partial charge in [-0.05, 0) is 31.5 Å². The molecule has 0 bridgehead atoms. The van der Waals surface area contributed by atoms with Crippen LogP contribution >= 0.6 is 23.2 Å². The SMILES string of the molecule is CCCNc1cc(C)nc(-c2cc(Cl)ccc2Cl)n1. The number of anilines is 1. The van der Waals surface area contributed by atoms with Gasteiger partial charge in [0, 0.05) is 28.9 Å². The lowest BCUT2D eigenvalue weighted by Gasteiger charge is -2.09. The Hall–Kier alpha value is -1.32. The maximum atomic E-state index is 6.18. The van der Waals surface area contributed by atoms with Crippen LogP contribution < -0.4 is 5.32 Å². The van der Waals surface area contributed by atoms with E-state index in [1.165, 1.54) is 0 Å². The summed E-state index contributed by atoms with van der Waals surface area (Å²) in [5, 5.41) is 4.46. The number of aryl methyl sites for hydroxylation is 1. The fourth-order valence-electron chi connectivity index (χ4n) is 1.70. The zero-order valence-electron chi connectivity index (χ0n) is 10.9. The van der Waals surface area contributed by atoms with Crippen LogP contribution in [-0.4, -0.2) is 16.5 Å². The van der Waals surface area contributed by atoms with Crippen LogP contribution in [0.25, 0.3) is 11.4 Å². The maximum Gasteiger partial charge on any atom is 0.163 e. The third kappa shape index (κ3) is 3.58. The summed E-state index contributed by atoms with van der Waals surface area (Å²) in [6, 6.07) is 7.20. The lowest BCUT2D eigenvalue weighted by molar-refractivity contribution is 0.962. The Labute approximate surface area is 123 Å². The van der Waals surface area contributed by atoms with Crippen LogP contribution in [-0.2, 0) is 0 Å². The second-order valence-corrected chi connectivity index (χ2v) is 5.11. The minimum atomic E-state index is 0.589. The molecule has 0 aliphatic heterocycles. The molecule has 2 rings (SSSR count). The first-order chi connectivity index (χ1) is 9.10. The third-order valence-corrected chi connectivity index (χ3v) is 3.14. The molecule has 0 spiro atoms. The van der Waals surface area contributed by atoms with Crippen molar-refractivity contribution in [2.75, 3.05) is 11.9 Å². The van der Waals surface area contributed by atoms with E-state index in [4.69, 9.17) is 23.2 Å². The van der Waals surface area contributed by atoms with Gasteiger partial charge in [0.1, 0.15) is 5.82 Å². The van der Waals surface area contributed by atoms with Gasteiger partial charge in [0.25, 0.3) is 0 Å². The Morgan fingerprint density at radius 1 is 1.16 bits per heavy atom. The number of aromatic nitrogens is 2. The molecule has 0 saturated heterocycles. The average molecular weight is 296 g/mol. The van der Waals surface area contributed by atoms with Crippen LogP contribution in [0.4, 0.5) is 5.82 Å². The minimum absolute atomic E-state index is 0.589. The van der Waals surface area contributed by atoms with Crippen molar-refractivity contribution in [3.8, 4) is 11.4 Å². The minimum Gasteiger partial charge on any atom is -0.370 e.